The molecule has 0 spiro atoms. The van der Waals surface area contributed by atoms with E-state index in [4.69, 9.17) is 4.74 Å². The Morgan fingerprint density at radius 1 is 1.38 bits per heavy atom. The second-order valence-corrected chi connectivity index (χ2v) is 2.73. The van der Waals surface area contributed by atoms with Crippen molar-refractivity contribution in [2.24, 2.45) is 0 Å². The summed E-state index contributed by atoms with van der Waals surface area (Å²) in [5.41, 5.74) is 0. The minimum absolute atomic E-state index is 0.855. The minimum Gasteiger partial charge on any atom is -0.496 e. The average molecular weight is 174 g/mol. The summed E-state index contributed by atoms with van der Waals surface area (Å²) in [6, 6.07) is 7.92. The lowest BCUT2D eigenvalue weighted by Gasteiger charge is -1.99. The number of methoxy groups -OCH3 is 1. The maximum atomic E-state index is 5.25. The number of hydrogen-bond acceptors (Lipinski definition) is 1. The molecule has 0 unspecified atom stereocenters. The molecule has 68 valence electrons. The molecule has 0 saturated carbocycles. The van der Waals surface area contributed by atoms with Crippen LogP contribution in [0.15, 0.2) is 36.4 Å². The van der Waals surface area contributed by atoms with Gasteiger partial charge in [0.25, 0.3) is 0 Å². The van der Waals surface area contributed by atoms with Gasteiger partial charge in [-0.25, -0.2) is 0 Å². The Morgan fingerprint density at radius 2 is 2.08 bits per heavy atom. The van der Waals surface area contributed by atoms with Crippen molar-refractivity contribution in [3.05, 3.63) is 46.9 Å². The number of benzene rings is 1. The predicted molar refractivity (Wildman–Crippen MR) is 56.4 cm³/mol. The van der Waals surface area contributed by atoms with E-state index in [0.29, 0.717) is 0 Å². The van der Waals surface area contributed by atoms with Gasteiger partial charge in [0.05, 0.1) is 7.11 Å². The number of ether oxygens (including phenoxy) is 1. The van der Waals surface area contributed by atoms with Crippen LogP contribution in [0.1, 0.15) is 6.92 Å². The normalized spacial score (nSPS) is 13.1. The van der Waals surface area contributed by atoms with Crippen molar-refractivity contribution in [2.45, 2.75) is 6.92 Å². The lowest BCUT2D eigenvalue weighted by molar-refractivity contribution is 0.370. The van der Waals surface area contributed by atoms with Gasteiger partial charge in [0, 0.05) is 5.22 Å². The molecule has 0 fully saturated rings. The lowest BCUT2D eigenvalue weighted by atomic mass is 10.2. The molecule has 0 heterocycles. The van der Waals surface area contributed by atoms with Crippen LogP contribution in [0.3, 0.4) is 0 Å². The summed E-state index contributed by atoms with van der Waals surface area (Å²) in [7, 11) is 1.67. The molecule has 0 aliphatic heterocycles. The molecule has 0 aliphatic carbocycles. The van der Waals surface area contributed by atoms with Gasteiger partial charge in [-0.1, -0.05) is 36.9 Å². The van der Waals surface area contributed by atoms with Crippen LogP contribution in [0.25, 0.3) is 12.3 Å². The Bertz CT molecular complexity index is 401. The zero-order valence-electron chi connectivity index (χ0n) is 8.08. The van der Waals surface area contributed by atoms with Crippen LogP contribution >= 0.6 is 0 Å². The first-order chi connectivity index (χ1) is 6.29. The van der Waals surface area contributed by atoms with Gasteiger partial charge in [0.15, 0.2) is 0 Å². The van der Waals surface area contributed by atoms with E-state index in [1.807, 2.05) is 43.3 Å². The molecule has 0 atom stereocenters. The smallest absolute Gasteiger partial charge is 0.126 e. The van der Waals surface area contributed by atoms with Gasteiger partial charge in [-0.15, -0.1) is 0 Å². The molecule has 1 aromatic carbocycles. The Hall–Kier alpha value is -1.50. The highest BCUT2D eigenvalue weighted by atomic mass is 16.5. The molecular weight excluding hydrogens is 160 g/mol. The highest BCUT2D eigenvalue weighted by Crippen LogP contribution is 1.94. The van der Waals surface area contributed by atoms with Crippen LogP contribution in [0.2, 0.25) is 0 Å². The Labute approximate surface area is 78.7 Å². The van der Waals surface area contributed by atoms with Crippen molar-refractivity contribution >= 4 is 12.3 Å². The van der Waals surface area contributed by atoms with Gasteiger partial charge in [-0.05, 0) is 18.2 Å². The molecule has 0 amide bonds. The fourth-order valence-corrected chi connectivity index (χ4v) is 1.18. The number of rotatable bonds is 2. The van der Waals surface area contributed by atoms with Crippen molar-refractivity contribution in [1.29, 1.82) is 0 Å². The predicted octanol–water partition coefficient (Wildman–Crippen LogP) is 1.43. The summed E-state index contributed by atoms with van der Waals surface area (Å²) in [6.07, 6.45) is 3.88. The fourth-order valence-electron chi connectivity index (χ4n) is 1.18. The van der Waals surface area contributed by atoms with Gasteiger partial charge in [-0.3, -0.25) is 0 Å². The van der Waals surface area contributed by atoms with Crippen molar-refractivity contribution in [3.8, 4) is 0 Å². The molecular formula is C12H14O. The molecule has 13 heavy (non-hydrogen) atoms. The van der Waals surface area contributed by atoms with Crippen molar-refractivity contribution in [2.75, 3.05) is 7.11 Å². The second kappa shape index (κ2) is 4.51. The summed E-state index contributed by atoms with van der Waals surface area (Å²) < 4.78 is 5.25. The maximum Gasteiger partial charge on any atom is 0.126 e. The van der Waals surface area contributed by atoms with Crippen molar-refractivity contribution in [3.63, 3.8) is 0 Å². The van der Waals surface area contributed by atoms with Crippen LogP contribution in [0, 0.1) is 0 Å². The van der Waals surface area contributed by atoms with Gasteiger partial charge >= 0.3 is 0 Å². The molecule has 1 aromatic rings. The van der Waals surface area contributed by atoms with E-state index in [1.165, 1.54) is 0 Å². The van der Waals surface area contributed by atoms with E-state index >= 15 is 0 Å². The topological polar surface area (TPSA) is 9.23 Å². The van der Waals surface area contributed by atoms with Crippen molar-refractivity contribution in [1.82, 2.24) is 0 Å². The van der Waals surface area contributed by atoms with Crippen molar-refractivity contribution < 1.29 is 4.74 Å². The molecule has 1 rings (SSSR count). The Kier molecular flexibility index (Phi) is 3.32. The van der Waals surface area contributed by atoms with E-state index in [-0.39, 0.29) is 0 Å². The molecule has 0 bridgehead atoms. The van der Waals surface area contributed by atoms with E-state index in [9.17, 15) is 0 Å². The van der Waals surface area contributed by atoms with Gasteiger partial charge in [0.1, 0.15) is 5.76 Å². The molecule has 1 heteroatoms. The van der Waals surface area contributed by atoms with Crippen LogP contribution in [-0.4, -0.2) is 7.11 Å². The standard InChI is InChI=1S/C12H14O/c1-4-7-12(13-3)11-9-6-5-8-10(11)2/h4-9H,2H2,1,3H3/b7-4+,12-11+. The van der Waals surface area contributed by atoms with Crippen LogP contribution < -0.4 is 10.4 Å². The van der Waals surface area contributed by atoms with Gasteiger partial charge in [0.2, 0.25) is 0 Å². The summed E-state index contributed by atoms with van der Waals surface area (Å²) in [4.78, 5) is 0. The molecule has 1 nitrogen and oxygen atoms in total. The van der Waals surface area contributed by atoms with Crippen LogP contribution in [0.4, 0.5) is 0 Å². The molecule has 0 N–H and O–H groups in total. The number of hydrogen-bond donors (Lipinski definition) is 0. The molecule has 0 aliphatic rings. The van der Waals surface area contributed by atoms with E-state index in [1.54, 1.807) is 7.11 Å². The summed E-state index contributed by atoms with van der Waals surface area (Å²) in [5, 5.41) is 2.03. The lowest BCUT2D eigenvalue weighted by Crippen LogP contribution is -2.24. The summed E-state index contributed by atoms with van der Waals surface area (Å²) in [5.74, 6) is 0.855. The number of allylic oxidation sites excluding steroid dienone is 1. The second-order valence-electron chi connectivity index (χ2n) is 2.73. The Balaban J connectivity index is 3.46. The SMILES string of the molecule is C=c1cccc/c1=C(/C=C/C)OC. The highest BCUT2D eigenvalue weighted by Gasteiger charge is 1.91. The third-order valence-electron chi connectivity index (χ3n) is 1.82. The zero-order chi connectivity index (χ0) is 9.68. The quantitative estimate of drug-likeness (QED) is 0.659. The average Bonchev–Trinajstić information content (AvgIpc) is 2.16. The third-order valence-corrected chi connectivity index (χ3v) is 1.82. The summed E-state index contributed by atoms with van der Waals surface area (Å²) >= 11 is 0. The van der Waals surface area contributed by atoms with E-state index in [0.717, 1.165) is 16.2 Å². The molecule has 0 radical (unpaired) electrons. The first kappa shape index (κ1) is 9.59. The van der Waals surface area contributed by atoms with Gasteiger partial charge in [-0.2, -0.15) is 0 Å². The molecule has 0 aromatic heterocycles. The van der Waals surface area contributed by atoms with E-state index < -0.39 is 0 Å². The highest BCUT2D eigenvalue weighted by molar-refractivity contribution is 5.49. The third kappa shape index (κ3) is 2.22. The zero-order valence-corrected chi connectivity index (χ0v) is 8.08. The van der Waals surface area contributed by atoms with E-state index in [2.05, 4.69) is 6.58 Å². The van der Waals surface area contributed by atoms with Crippen LogP contribution in [0.5, 0.6) is 0 Å². The minimum atomic E-state index is 0.855. The van der Waals surface area contributed by atoms with Crippen LogP contribution in [-0.2, 0) is 4.74 Å². The first-order valence-corrected chi connectivity index (χ1v) is 4.24. The largest absolute Gasteiger partial charge is 0.496 e. The first-order valence-electron chi connectivity index (χ1n) is 4.24. The molecule has 0 saturated heterocycles. The van der Waals surface area contributed by atoms with Gasteiger partial charge < -0.3 is 4.74 Å². The fraction of sp³-hybridized carbons (Fsp3) is 0.167. The Morgan fingerprint density at radius 3 is 2.62 bits per heavy atom. The maximum absolute atomic E-state index is 5.25. The summed E-state index contributed by atoms with van der Waals surface area (Å²) in [6.45, 7) is 5.90. The monoisotopic (exact) mass is 174 g/mol.